The van der Waals surface area contributed by atoms with Gasteiger partial charge in [-0.15, -0.1) is 0 Å². The lowest BCUT2D eigenvalue weighted by Gasteiger charge is -2.44. The third-order valence-corrected chi connectivity index (χ3v) is 3.81. The molecule has 0 aromatic carbocycles. The number of nitrogens with two attached hydrogens (primary N) is 1. The second kappa shape index (κ2) is 4.60. The third kappa shape index (κ3) is 2.10. The van der Waals surface area contributed by atoms with E-state index in [-0.39, 0.29) is 0 Å². The van der Waals surface area contributed by atoms with Gasteiger partial charge in [-0.2, -0.15) is 0 Å². The van der Waals surface area contributed by atoms with Crippen molar-refractivity contribution in [2.75, 3.05) is 39.8 Å². The minimum atomic E-state index is 0.659. The number of hydrogen-bond donors (Lipinski definition) is 1. The van der Waals surface area contributed by atoms with Crippen LogP contribution in [-0.2, 0) is 0 Å². The van der Waals surface area contributed by atoms with Crippen LogP contribution in [0.1, 0.15) is 19.3 Å². The first-order valence-corrected chi connectivity index (χ1v) is 5.94. The van der Waals surface area contributed by atoms with Gasteiger partial charge in [0, 0.05) is 19.1 Å². The van der Waals surface area contributed by atoms with Gasteiger partial charge in [0.1, 0.15) is 0 Å². The van der Waals surface area contributed by atoms with Crippen LogP contribution in [0.5, 0.6) is 0 Å². The van der Waals surface area contributed by atoms with Crippen LogP contribution in [0.4, 0.5) is 0 Å². The summed E-state index contributed by atoms with van der Waals surface area (Å²) in [6.07, 6.45) is 4.10. The predicted molar refractivity (Wildman–Crippen MR) is 59.3 cm³/mol. The Hall–Kier alpha value is -0.120. The SMILES string of the molecule is CN1CCCC(C(CN)N2CCC2)C1. The molecule has 3 heteroatoms. The van der Waals surface area contributed by atoms with E-state index >= 15 is 0 Å². The van der Waals surface area contributed by atoms with E-state index in [1.807, 2.05) is 0 Å². The maximum Gasteiger partial charge on any atom is 0.0258 e. The molecule has 82 valence electrons. The van der Waals surface area contributed by atoms with E-state index in [0.717, 1.165) is 12.5 Å². The Morgan fingerprint density at radius 2 is 2.07 bits per heavy atom. The maximum atomic E-state index is 5.90. The van der Waals surface area contributed by atoms with Crippen LogP contribution in [0.2, 0.25) is 0 Å². The molecule has 0 radical (unpaired) electrons. The van der Waals surface area contributed by atoms with E-state index in [1.54, 1.807) is 0 Å². The monoisotopic (exact) mass is 197 g/mol. The predicted octanol–water partition coefficient (Wildman–Crippen LogP) is 0.361. The lowest BCUT2D eigenvalue weighted by molar-refractivity contribution is 0.0510. The summed E-state index contributed by atoms with van der Waals surface area (Å²) < 4.78 is 0. The molecule has 0 spiro atoms. The lowest BCUT2D eigenvalue weighted by Crippen LogP contribution is -2.55. The van der Waals surface area contributed by atoms with Gasteiger partial charge in [0.15, 0.2) is 0 Å². The fourth-order valence-electron chi connectivity index (χ4n) is 2.83. The molecule has 0 saturated carbocycles. The first kappa shape index (κ1) is 10.4. The lowest BCUT2D eigenvalue weighted by atomic mass is 9.88. The summed E-state index contributed by atoms with van der Waals surface area (Å²) in [5.74, 6) is 0.819. The zero-order valence-corrected chi connectivity index (χ0v) is 9.28. The summed E-state index contributed by atoms with van der Waals surface area (Å²) in [4.78, 5) is 5.03. The zero-order valence-electron chi connectivity index (χ0n) is 9.28. The molecule has 0 bridgehead atoms. The van der Waals surface area contributed by atoms with Crippen LogP contribution in [0.3, 0.4) is 0 Å². The molecule has 2 unspecified atom stereocenters. The molecule has 0 aromatic heterocycles. The van der Waals surface area contributed by atoms with Gasteiger partial charge >= 0.3 is 0 Å². The molecule has 2 heterocycles. The molecular weight excluding hydrogens is 174 g/mol. The highest BCUT2D eigenvalue weighted by Gasteiger charge is 2.31. The van der Waals surface area contributed by atoms with E-state index in [0.29, 0.717) is 6.04 Å². The average molecular weight is 197 g/mol. The van der Waals surface area contributed by atoms with E-state index in [1.165, 1.54) is 45.4 Å². The van der Waals surface area contributed by atoms with Gasteiger partial charge in [-0.05, 0) is 51.9 Å². The van der Waals surface area contributed by atoms with Crippen molar-refractivity contribution in [3.05, 3.63) is 0 Å². The maximum absolute atomic E-state index is 5.90. The van der Waals surface area contributed by atoms with Crippen LogP contribution in [0.25, 0.3) is 0 Å². The molecule has 2 atom stereocenters. The summed E-state index contributed by atoms with van der Waals surface area (Å²) >= 11 is 0. The van der Waals surface area contributed by atoms with Gasteiger partial charge < -0.3 is 10.6 Å². The van der Waals surface area contributed by atoms with Crippen molar-refractivity contribution < 1.29 is 0 Å². The van der Waals surface area contributed by atoms with E-state index in [2.05, 4.69) is 16.8 Å². The normalized spacial score (nSPS) is 32.6. The highest BCUT2D eigenvalue weighted by molar-refractivity contribution is 4.87. The first-order valence-electron chi connectivity index (χ1n) is 5.94. The van der Waals surface area contributed by atoms with Gasteiger partial charge in [-0.1, -0.05) is 0 Å². The largest absolute Gasteiger partial charge is 0.329 e. The van der Waals surface area contributed by atoms with Crippen LogP contribution < -0.4 is 5.73 Å². The van der Waals surface area contributed by atoms with Crippen LogP contribution in [0.15, 0.2) is 0 Å². The molecule has 0 amide bonds. The van der Waals surface area contributed by atoms with Crippen molar-refractivity contribution in [3.63, 3.8) is 0 Å². The molecule has 2 N–H and O–H groups in total. The Morgan fingerprint density at radius 1 is 1.29 bits per heavy atom. The Kier molecular flexibility index (Phi) is 3.42. The standard InChI is InChI=1S/C11H23N3/c1-13-5-2-4-10(9-13)11(8-12)14-6-3-7-14/h10-11H,2-9,12H2,1H3. The summed E-state index contributed by atoms with van der Waals surface area (Å²) in [6.45, 7) is 5.93. The number of nitrogens with zero attached hydrogens (tertiary/aromatic N) is 2. The number of hydrogen-bond acceptors (Lipinski definition) is 3. The van der Waals surface area contributed by atoms with E-state index in [4.69, 9.17) is 5.73 Å². The minimum Gasteiger partial charge on any atom is -0.329 e. The molecule has 2 aliphatic heterocycles. The number of piperidine rings is 1. The van der Waals surface area contributed by atoms with Crippen molar-refractivity contribution >= 4 is 0 Å². The summed E-state index contributed by atoms with van der Waals surface area (Å²) in [5, 5.41) is 0. The smallest absolute Gasteiger partial charge is 0.0258 e. The van der Waals surface area contributed by atoms with Crippen molar-refractivity contribution in [1.82, 2.24) is 9.80 Å². The van der Waals surface area contributed by atoms with Gasteiger partial charge in [0.05, 0.1) is 0 Å². The van der Waals surface area contributed by atoms with Gasteiger partial charge in [0.25, 0.3) is 0 Å². The summed E-state index contributed by atoms with van der Waals surface area (Å²) in [6, 6.07) is 0.659. The third-order valence-electron chi connectivity index (χ3n) is 3.81. The molecule has 2 aliphatic rings. The average Bonchev–Trinajstić information content (AvgIpc) is 2.10. The van der Waals surface area contributed by atoms with Gasteiger partial charge in [-0.3, -0.25) is 4.90 Å². The minimum absolute atomic E-state index is 0.659. The zero-order chi connectivity index (χ0) is 9.97. The highest BCUT2D eigenvalue weighted by atomic mass is 15.2. The van der Waals surface area contributed by atoms with Crippen molar-refractivity contribution in [2.24, 2.45) is 11.7 Å². The summed E-state index contributed by atoms with van der Waals surface area (Å²) in [5.41, 5.74) is 5.90. The molecule has 14 heavy (non-hydrogen) atoms. The molecular formula is C11H23N3. The molecule has 0 aromatic rings. The van der Waals surface area contributed by atoms with E-state index in [9.17, 15) is 0 Å². The Labute approximate surface area is 87.2 Å². The quantitative estimate of drug-likeness (QED) is 0.709. The van der Waals surface area contributed by atoms with Gasteiger partial charge in [0.2, 0.25) is 0 Å². The molecule has 3 nitrogen and oxygen atoms in total. The molecule has 2 saturated heterocycles. The second-order valence-corrected chi connectivity index (χ2v) is 4.86. The Bertz CT molecular complexity index is 179. The Morgan fingerprint density at radius 3 is 2.57 bits per heavy atom. The van der Waals surface area contributed by atoms with Crippen LogP contribution >= 0.6 is 0 Å². The van der Waals surface area contributed by atoms with Gasteiger partial charge in [-0.25, -0.2) is 0 Å². The molecule has 2 rings (SSSR count). The number of rotatable bonds is 3. The first-order chi connectivity index (χ1) is 6.81. The highest BCUT2D eigenvalue weighted by Crippen LogP contribution is 2.24. The van der Waals surface area contributed by atoms with Crippen molar-refractivity contribution in [1.29, 1.82) is 0 Å². The van der Waals surface area contributed by atoms with Crippen molar-refractivity contribution in [2.45, 2.75) is 25.3 Å². The topological polar surface area (TPSA) is 32.5 Å². The fourth-order valence-corrected chi connectivity index (χ4v) is 2.83. The second-order valence-electron chi connectivity index (χ2n) is 4.86. The fraction of sp³-hybridized carbons (Fsp3) is 1.00. The van der Waals surface area contributed by atoms with Crippen LogP contribution in [0, 0.1) is 5.92 Å². The molecule has 2 fully saturated rings. The molecule has 0 aliphatic carbocycles. The van der Waals surface area contributed by atoms with E-state index < -0.39 is 0 Å². The number of likely N-dealkylation sites (tertiary alicyclic amines) is 2. The van der Waals surface area contributed by atoms with Crippen molar-refractivity contribution in [3.8, 4) is 0 Å². The summed E-state index contributed by atoms with van der Waals surface area (Å²) in [7, 11) is 2.23. The van der Waals surface area contributed by atoms with Crippen LogP contribution in [-0.4, -0.2) is 55.6 Å². The Balaban J connectivity index is 1.89.